The molecule has 1 aliphatic heterocycles. The Bertz CT molecular complexity index is 342. The molecule has 2 rings (SSSR count). The number of carbonyl (C=O) groups is 1. The minimum atomic E-state index is -0.304. The van der Waals surface area contributed by atoms with Gasteiger partial charge in [-0.2, -0.15) is 0 Å². The van der Waals surface area contributed by atoms with Crippen LogP contribution in [0.2, 0.25) is 0 Å². The largest absolute Gasteiger partial charge is 0.482 e. The minimum Gasteiger partial charge on any atom is -0.482 e. The van der Waals surface area contributed by atoms with Crippen LogP contribution in [0.25, 0.3) is 0 Å². The van der Waals surface area contributed by atoms with Crippen molar-refractivity contribution in [3.8, 4) is 5.75 Å². The van der Waals surface area contributed by atoms with Gasteiger partial charge >= 0.3 is 0 Å². The van der Waals surface area contributed by atoms with Crippen LogP contribution in [0.1, 0.15) is 22.8 Å². The topological polar surface area (TPSA) is 26.3 Å². The molecule has 0 unspecified atom stereocenters. The third-order valence-corrected chi connectivity index (χ3v) is 2.07. The summed E-state index contributed by atoms with van der Waals surface area (Å²) in [5.41, 5.74) is 1.82. The van der Waals surface area contributed by atoms with E-state index in [1.807, 2.05) is 25.1 Å². The van der Waals surface area contributed by atoms with Gasteiger partial charge in [-0.1, -0.05) is 11.6 Å². The van der Waals surface area contributed by atoms with Crippen LogP contribution in [0.3, 0.4) is 0 Å². The highest BCUT2D eigenvalue weighted by atomic mass is 16.5. The Morgan fingerprint density at radius 3 is 2.92 bits per heavy atom. The highest BCUT2D eigenvalue weighted by Crippen LogP contribution is 2.28. The summed E-state index contributed by atoms with van der Waals surface area (Å²) in [4.78, 5) is 11.4. The molecule has 1 aliphatic rings. The maximum absolute atomic E-state index is 11.4. The number of benzene rings is 1. The zero-order valence-electron chi connectivity index (χ0n) is 7.13. The second-order valence-corrected chi connectivity index (χ2v) is 3.12. The molecule has 0 aromatic heterocycles. The number of hydrogen-bond donors (Lipinski definition) is 0. The molecule has 0 saturated carbocycles. The lowest BCUT2D eigenvalue weighted by atomic mass is 10.1. The Hall–Kier alpha value is -1.31. The molecular weight excluding hydrogens is 152 g/mol. The predicted octanol–water partition coefficient (Wildman–Crippen LogP) is 1.96. The molecule has 62 valence electrons. The summed E-state index contributed by atoms with van der Waals surface area (Å²) in [7, 11) is 0. The van der Waals surface area contributed by atoms with Gasteiger partial charge in [-0.15, -0.1) is 0 Å². The molecule has 1 aromatic rings. The zero-order valence-corrected chi connectivity index (χ0v) is 7.13. The Labute approximate surface area is 71.2 Å². The SMILES string of the molecule is Cc1ccc2c(c1)C(=O)[C@@H](C)O2. The van der Waals surface area contributed by atoms with Crippen molar-refractivity contribution in [3.05, 3.63) is 29.3 Å². The van der Waals surface area contributed by atoms with Crippen molar-refractivity contribution in [1.82, 2.24) is 0 Å². The van der Waals surface area contributed by atoms with E-state index in [1.54, 1.807) is 6.92 Å². The maximum atomic E-state index is 11.4. The smallest absolute Gasteiger partial charge is 0.206 e. The van der Waals surface area contributed by atoms with Crippen LogP contribution in [-0.2, 0) is 0 Å². The molecule has 2 nitrogen and oxygen atoms in total. The van der Waals surface area contributed by atoms with Crippen LogP contribution in [-0.4, -0.2) is 11.9 Å². The van der Waals surface area contributed by atoms with Crippen molar-refractivity contribution in [2.45, 2.75) is 20.0 Å². The molecule has 12 heavy (non-hydrogen) atoms. The summed E-state index contributed by atoms with van der Waals surface area (Å²) in [5.74, 6) is 0.812. The first-order valence-electron chi connectivity index (χ1n) is 4.00. The van der Waals surface area contributed by atoms with E-state index in [-0.39, 0.29) is 11.9 Å². The van der Waals surface area contributed by atoms with Crippen molar-refractivity contribution in [3.63, 3.8) is 0 Å². The van der Waals surface area contributed by atoms with Gasteiger partial charge in [-0.05, 0) is 26.0 Å². The molecule has 0 aliphatic carbocycles. The van der Waals surface area contributed by atoms with E-state index in [1.165, 1.54) is 0 Å². The molecule has 1 aromatic carbocycles. The maximum Gasteiger partial charge on any atom is 0.206 e. The summed E-state index contributed by atoms with van der Waals surface area (Å²) >= 11 is 0. The second kappa shape index (κ2) is 2.34. The van der Waals surface area contributed by atoms with Crippen molar-refractivity contribution >= 4 is 5.78 Å². The van der Waals surface area contributed by atoms with Crippen LogP contribution in [0.15, 0.2) is 18.2 Å². The molecule has 1 atom stereocenters. The molecule has 0 bridgehead atoms. The Balaban J connectivity index is 2.56. The minimum absolute atomic E-state index is 0.0914. The Kier molecular flexibility index (Phi) is 1.43. The third kappa shape index (κ3) is 0.916. The summed E-state index contributed by atoms with van der Waals surface area (Å²) in [6, 6.07) is 5.68. The average Bonchev–Trinajstić information content (AvgIpc) is 2.31. The van der Waals surface area contributed by atoms with Gasteiger partial charge in [0.1, 0.15) is 5.75 Å². The van der Waals surface area contributed by atoms with Crippen LogP contribution >= 0.6 is 0 Å². The number of aryl methyl sites for hydroxylation is 1. The lowest BCUT2D eigenvalue weighted by Gasteiger charge is -1.99. The van der Waals surface area contributed by atoms with Gasteiger partial charge in [-0.3, -0.25) is 4.79 Å². The number of Topliss-reactive ketones (excluding diaryl/α,β-unsaturated/α-hetero) is 1. The lowest BCUT2D eigenvalue weighted by Crippen LogP contribution is -2.14. The summed E-state index contributed by atoms with van der Waals surface area (Å²) in [5, 5.41) is 0. The van der Waals surface area contributed by atoms with Gasteiger partial charge in [0.25, 0.3) is 0 Å². The van der Waals surface area contributed by atoms with Crippen LogP contribution in [0.5, 0.6) is 5.75 Å². The zero-order chi connectivity index (χ0) is 8.72. The fourth-order valence-corrected chi connectivity index (χ4v) is 1.40. The van der Waals surface area contributed by atoms with E-state index in [9.17, 15) is 4.79 Å². The van der Waals surface area contributed by atoms with Crippen molar-refractivity contribution in [2.24, 2.45) is 0 Å². The fraction of sp³-hybridized carbons (Fsp3) is 0.300. The summed E-state index contributed by atoms with van der Waals surface area (Å²) in [6.45, 7) is 3.74. The molecule has 2 heteroatoms. The third-order valence-electron chi connectivity index (χ3n) is 2.07. The van der Waals surface area contributed by atoms with Gasteiger partial charge in [0.15, 0.2) is 6.10 Å². The molecule has 0 amide bonds. The van der Waals surface area contributed by atoms with Crippen LogP contribution in [0, 0.1) is 6.92 Å². The number of carbonyl (C=O) groups excluding carboxylic acids is 1. The van der Waals surface area contributed by atoms with Crippen molar-refractivity contribution in [2.75, 3.05) is 0 Å². The van der Waals surface area contributed by atoms with E-state index < -0.39 is 0 Å². The molecule has 0 N–H and O–H groups in total. The van der Waals surface area contributed by atoms with E-state index >= 15 is 0 Å². The first-order chi connectivity index (χ1) is 5.68. The van der Waals surface area contributed by atoms with Gasteiger partial charge in [0.05, 0.1) is 5.56 Å². The quantitative estimate of drug-likeness (QED) is 0.583. The monoisotopic (exact) mass is 162 g/mol. The van der Waals surface area contributed by atoms with Crippen LogP contribution < -0.4 is 4.74 Å². The Morgan fingerprint density at radius 2 is 2.17 bits per heavy atom. The van der Waals surface area contributed by atoms with Crippen molar-refractivity contribution < 1.29 is 9.53 Å². The number of hydrogen-bond acceptors (Lipinski definition) is 2. The van der Waals surface area contributed by atoms with Gasteiger partial charge in [0, 0.05) is 0 Å². The van der Waals surface area contributed by atoms with E-state index in [2.05, 4.69) is 0 Å². The number of ketones is 1. The molecular formula is C10H10O2. The first-order valence-corrected chi connectivity index (χ1v) is 4.00. The normalized spacial score (nSPS) is 20.5. The van der Waals surface area contributed by atoms with Gasteiger partial charge in [0.2, 0.25) is 5.78 Å². The van der Waals surface area contributed by atoms with Crippen LogP contribution in [0.4, 0.5) is 0 Å². The molecule has 0 saturated heterocycles. The predicted molar refractivity (Wildman–Crippen MR) is 45.6 cm³/mol. The second-order valence-electron chi connectivity index (χ2n) is 3.12. The molecule has 1 heterocycles. The summed E-state index contributed by atoms with van der Waals surface area (Å²) < 4.78 is 5.32. The highest BCUT2D eigenvalue weighted by Gasteiger charge is 2.28. The summed E-state index contributed by atoms with van der Waals surface area (Å²) in [6.07, 6.45) is -0.304. The number of fused-ring (bicyclic) bond motifs is 1. The van der Waals surface area contributed by atoms with E-state index in [0.29, 0.717) is 0 Å². The Morgan fingerprint density at radius 1 is 1.42 bits per heavy atom. The van der Waals surface area contributed by atoms with Gasteiger partial charge < -0.3 is 4.74 Å². The average molecular weight is 162 g/mol. The van der Waals surface area contributed by atoms with Crippen molar-refractivity contribution in [1.29, 1.82) is 0 Å². The van der Waals surface area contributed by atoms with E-state index in [0.717, 1.165) is 16.9 Å². The lowest BCUT2D eigenvalue weighted by molar-refractivity contribution is 0.0878. The van der Waals surface area contributed by atoms with E-state index in [4.69, 9.17) is 4.74 Å². The standard InChI is InChI=1S/C10H10O2/c1-6-3-4-9-8(5-6)10(11)7(2)12-9/h3-5,7H,1-2H3/t7-/m1/s1. The fourth-order valence-electron chi connectivity index (χ4n) is 1.40. The first kappa shape index (κ1) is 7.35. The van der Waals surface area contributed by atoms with Gasteiger partial charge in [-0.25, -0.2) is 0 Å². The number of rotatable bonds is 0. The molecule has 0 spiro atoms. The highest BCUT2D eigenvalue weighted by molar-refractivity contribution is 6.04. The molecule has 0 fully saturated rings. The molecule has 0 radical (unpaired) electrons. The number of ether oxygens (including phenoxy) is 1.